The van der Waals surface area contributed by atoms with E-state index in [2.05, 4.69) is 21.2 Å². The summed E-state index contributed by atoms with van der Waals surface area (Å²) in [7, 11) is 1.65. The lowest BCUT2D eigenvalue weighted by Gasteiger charge is -2.35. The van der Waals surface area contributed by atoms with Crippen molar-refractivity contribution in [2.24, 2.45) is 5.10 Å². The SMILES string of the molecule is CN/N=C(/Cc1ccc(F)c(C(=O)N2CCN(C(=O)CNCCOCCNC=O)CC2)c1)c1ccccc1C=O. The van der Waals surface area contributed by atoms with E-state index in [4.69, 9.17) is 4.74 Å². The Labute approximate surface area is 232 Å². The number of benzene rings is 2. The van der Waals surface area contributed by atoms with Gasteiger partial charge >= 0.3 is 0 Å². The smallest absolute Gasteiger partial charge is 0.256 e. The number of piperazine rings is 1. The Kier molecular flexibility index (Phi) is 12.2. The third-order valence-electron chi connectivity index (χ3n) is 6.37. The van der Waals surface area contributed by atoms with Crippen LogP contribution in [0.4, 0.5) is 4.39 Å². The summed E-state index contributed by atoms with van der Waals surface area (Å²) in [5.74, 6) is -1.15. The van der Waals surface area contributed by atoms with Crippen LogP contribution < -0.4 is 16.1 Å². The largest absolute Gasteiger partial charge is 0.378 e. The Morgan fingerprint density at radius 2 is 1.73 bits per heavy atom. The van der Waals surface area contributed by atoms with Crippen LogP contribution in [-0.2, 0) is 20.7 Å². The zero-order chi connectivity index (χ0) is 28.7. The highest BCUT2D eigenvalue weighted by atomic mass is 19.1. The van der Waals surface area contributed by atoms with Gasteiger partial charge in [-0.2, -0.15) is 5.10 Å². The van der Waals surface area contributed by atoms with Crippen LogP contribution in [-0.4, -0.2) is 106 Å². The molecule has 0 atom stereocenters. The first-order chi connectivity index (χ1) is 19.5. The average Bonchev–Trinajstić information content (AvgIpc) is 2.98. The van der Waals surface area contributed by atoms with Crippen molar-refractivity contribution in [3.05, 3.63) is 70.5 Å². The number of hydrogen-bond acceptors (Lipinski definition) is 8. The van der Waals surface area contributed by atoms with Gasteiger partial charge in [0.1, 0.15) is 5.82 Å². The van der Waals surface area contributed by atoms with E-state index < -0.39 is 11.7 Å². The Hall–Kier alpha value is -4.16. The Morgan fingerprint density at radius 3 is 2.45 bits per heavy atom. The minimum absolute atomic E-state index is 0.0465. The van der Waals surface area contributed by atoms with Crippen LogP contribution in [0.25, 0.3) is 0 Å². The molecule has 1 aliphatic rings. The van der Waals surface area contributed by atoms with Crippen LogP contribution in [0, 0.1) is 5.82 Å². The number of hydrazone groups is 1. The molecule has 1 heterocycles. The molecule has 214 valence electrons. The summed E-state index contributed by atoms with van der Waals surface area (Å²) in [6.07, 6.45) is 1.64. The molecule has 0 aliphatic carbocycles. The number of rotatable bonds is 15. The van der Waals surface area contributed by atoms with Crippen LogP contribution in [0.5, 0.6) is 0 Å². The van der Waals surface area contributed by atoms with Crippen molar-refractivity contribution in [2.45, 2.75) is 6.42 Å². The Balaban J connectivity index is 1.54. The van der Waals surface area contributed by atoms with Crippen molar-refractivity contribution in [1.29, 1.82) is 0 Å². The van der Waals surface area contributed by atoms with Crippen LogP contribution in [0.1, 0.15) is 31.8 Å². The molecule has 1 saturated heterocycles. The molecular weight excluding hydrogens is 519 g/mol. The molecule has 2 aromatic carbocycles. The molecular formula is C28H35FN6O5. The van der Waals surface area contributed by atoms with E-state index in [0.29, 0.717) is 81.3 Å². The van der Waals surface area contributed by atoms with Crippen LogP contribution in [0.15, 0.2) is 47.6 Å². The normalized spacial score (nSPS) is 13.6. The molecule has 0 aromatic heterocycles. The quantitative estimate of drug-likeness (QED) is 0.126. The number of hydrogen-bond donors (Lipinski definition) is 3. The Bertz CT molecular complexity index is 1200. The maximum absolute atomic E-state index is 14.8. The van der Waals surface area contributed by atoms with Crippen LogP contribution in [0.3, 0.4) is 0 Å². The topological polar surface area (TPSA) is 132 Å². The second-order valence-electron chi connectivity index (χ2n) is 9.01. The summed E-state index contributed by atoms with van der Waals surface area (Å²) in [6, 6.07) is 11.4. The zero-order valence-corrected chi connectivity index (χ0v) is 22.5. The molecule has 1 aliphatic heterocycles. The predicted molar refractivity (Wildman–Crippen MR) is 148 cm³/mol. The highest BCUT2D eigenvalue weighted by Gasteiger charge is 2.26. The van der Waals surface area contributed by atoms with Gasteiger partial charge in [-0.3, -0.25) is 19.2 Å². The van der Waals surface area contributed by atoms with Gasteiger partial charge in [-0.15, -0.1) is 0 Å². The van der Waals surface area contributed by atoms with Crippen molar-refractivity contribution < 1.29 is 28.3 Å². The van der Waals surface area contributed by atoms with Gasteiger partial charge in [0.25, 0.3) is 5.91 Å². The Morgan fingerprint density at radius 1 is 1.00 bits per heavy atom. The van der Waals surface area contributed by atoms with Crippen molar-refractivity contribution in [1.82, 2.24) is 25.9 Å². The summed E-state index contributed by atoms with van der Waals surface area (Å²) < 4.78 is 20.1. The highest BCUT2D eigenvalue weighted by Crippen LogP contribution is 2.18. The van der Waals surface area contributed by atoms with Gasteiger partial charge in [-0.1, -0.05) is 30.3 Å². The van der Waals surface area contributed by atoms with Gasteiger partial charge in [0.2, 0.25) is 12.3 Å². The highest BCUT2D eigenvalue weighted by molar-refractivity contribution is 6.07. The molecule has 11 nitrogen and oxygen atoms in total. The van der Waals surface area contributed by atoms with Gasteiger partial charge in [0.15, 0.2) is 6.29 Å². The first kappa shape index (κ1) is 30.4. The van der Waals surface area contributed by atoms with Crippen molar-refractivity contribution >= 4 is 30.2 Å². The van der Waals surface area contributed by atoms with E-state index in [9.17, 15) is 23.6 Å². The van der Waals surface area contributed by atoms with Crippen LogP contribution in [0.2, 0.25) is 0 Å². The van der Waals surface area contributed by atoms with E-state index in [-0.39, 0.29) is 24.4 Å². The molecule has 0 spiro atoms. The maximum Gasteiger partial charge on any atom is 0.256 e. The molecule has 12 heteroatoms. The number of nitrogens with one attached hydrogen (secondary N) is 3. The lowest BCUT2D eigenvalue weighted by atomic mass is 9.97. The summed E-state index contributed by atoms with van der Waals surface area (Å²) in [4.78, 5) is 50.6. The van der Waals surface area contributed by atoms with E-state index in [1.54, 1.807) is 47.2 Å². The van der Waals surface area contributed by atoms with Gasteiger partial charge in [0, 0.05) is 63.9 Å². The average molecular weight is 555 g/mol. The third kappa shape index (κ3) is 8.68. The third-order valence-corrected chi connectivity index (χ3v) is 6.37. The standard InChI is InChI=1S/C28H35FN6O5/c1-30-33-26(23-5-3-2-4-22(23)19-36)17-21-6-7-25(29)24(16-21)28(39)35-12-10-34(11-13-35)27(38)18-31-8-14-40-15-9-32-20-37/h2-7,16,19-20,30-31H,8-15,17-18H2,1H3,(H,32,37)/b33-26-. The molecule has 3 rings (SSSR count). The molecule has 3 amide bonds. The van der Waals surface area contributed by atoms with E-state index in [1.807, 2.05) is 0 Å². The van der Waals surface area contributed by atoms with Gasteiger partial charge in [-0.05, 0) is 17.7 Å². The van der Waals surface area contributed by atoms with E-state index >= 15 is 0 Å². The fraction of sp³-hybridized carbons (Fsp3) is 0.393. The van der Waals surface area contributed by atoms with Crippen molar-refractivity contribution in [2.75, 3.05) is 66.1 Å². The van der Waals surface area contributed by atoms with E-state index in [0.717, 1.165) is 6.29 Å². The molecule has 2 aromatic rings. The maximum atomic E-state index is 14.8. The van der Waals surface area contributed by atoms with Crippen molar-refractivity contribution in [3.63, 3.8) is 0 Å². The summed E-state index contributed by atoms with van der Waals surface area (Å²) >= 11 is 0. The van der Waals surface area contributed by atoms with Gasteiger partial charge in [-0.25, -0.2) is 4.39 Å². The second kappa shape index (κ2) is 16.1. The fourth-order valence-corrected chi connectivity index (χ4v) is 4.30. The molecule has 1 fully saturated rings. The number of aldehydes is 1. The number of amides is 3. The molecule has 3 N–H and O–H groups in total. The molecule has 0 unspecified atom stereocenters. The number of nitrogens with zero attached hydrogens (tertiary/aromatic N) is 3. The lowest BCUT2D eigenvalue weighted by Crippen LogP contribution is -2.52. The number of carbonyl (C=O) groups excluding carboxylic acids is 4. The molecule has 40 heavy (non-hydrogen) atoms. The minimum Gasteiger partial charge on any atom is -0.378 e. The monoisotopic (exact) mass is 554 g/mol. The number of carbonyl (C=O) groups is 4. The zero-order valence-electron chi connectivity index (χ0n) is 22.5. The molecule has 0 saturated carbocycles. The predicted octanol–water partition coefficient (Wildman–Crippen LogP) is 0.441. The van der Waals surface area contributed by atoms with Gasteiger partial charge < -0.3 is 30.6 Å². The number of ether oxygens (including phenoxy) is 1. The fourth-order valence-electron chi connectivity index (χ4n) is 4.30. The first-order valence-corrected chi connectivity index (χ1v) is 13.1. The molecule has 0 bridgehead atoms. The van der Waals surface area contributed by atoms with E-state index in [1.165, 1.54) is 12.1 Å². The first-order valence-electron chi connectivity index (χ1n) is 13.1. The summed E-state index contributed by atoms with van der Waals surface area (Å²) in [5, 5.41) is 9.83. The van der Waals surface area contributed by atoms with Crippen molar-refractivity contribution in [3.8, 4) is 0 Å². The summed E-state index contributed by atoms with van der Waals surface area (Å²) in [6.45, 7) is 3.15. The van der Waals surface area contributed by atoms with Gasteiger partial charge in [0.05, 0.1) is 31.0 Å². The molecule has 0 radical (unpaired) electrons. The summed E-state index contributed by atoms with van der Waals surface area (Å²) in [5.41, 5.74) is 5.08. The second-order valence-corrected chi connectivity index (χ2v) is 9.01. The van der Waals surface area contributed by atoms with Crippen LogP contribution >= 0.6 is 0 Å². The lowest BCUT2D eigenvalue weighted by molar-refractivity contribution is -0.131. The number of halogens is 1. The minimum atomic E-state index is -0.624.